The van der Waals surface area contributed by atoms with Crippen molar-refractivity contribution in [2.24, 2.45) is 5.41 Å². The number of carbonyl (C=O) groups is 1. The van der Waals surface area contributed by atoms with Crippen molar-refractivity contribution in [1.82, 2.24) is 4.57 Å². The standard InChI is InChI=1S/C27H34ClNO2S.Na.H2O/c1-17(2)19-10-13-22-21(14-19)24(32-26(3,4)5)23(15-27(6,7)25(30)31)29(22)16-18-8-11-20(28)12-9-18;;/h8-14,17H,15-16H2,1-7H3,(H,30,31);;1H2/q;+1;/p-1. The van der Waals surface area contributed by atoms with Crippen LogP contribution in [0.3, 0.4) is 0 Å². The van der Waals surface area contributed by atoms with Crippen molar-refractivity contribution >= 4 is 40.2 Å². The summed E-state index contributed by atoms with van der Waals surface area (Å²) in [5.41, 5.74) is 3.59. The molecule has 7 heteroatoms. The summed E-state index contributed by atoms with van der Waals surface area (Å²) < 4.78 is 2.26. The molecule has 0 amide bonds. The predicted octanol–water partition coefficient (Wildman–Crippen LogP) is 2.85. The quantitative estimate of drug-likeness (QED) is 0.361. The number of nitrogens with zero attached hydrogens (tertiary/aromatic N) is 1. The first-order valence-electron chi connectivity index (χ1n) is 11.1. The van der Waals surface area contributed by atoms with Gasteiger partial charge in [0.1, 0.15) is 0 Å². The van der Waals surface area contributed by atoms with Gasteiger partial charge < -0.3 is 19.9 Å². The van der Waals surface area contributed by atoms with Gasteiger partial charge in [-0.15, -0.1) is 11.8 Å². The van der Waals surface area contributed by atoms with Gasteiger partial charge in [0, 0.05) is 49.2 Å². The average molecular weight is 512 g/mol. The van der Waals surface area contributed by atoms with Crippen LogP contribution in [0, 0.1) is 5.41 Å². The Morgan fingerprint density at radius 3 is 2.15 bits per heavy atom. The molecule has 0 spiro atoms. The maximum absolute atomic E-state index is 11.9. The van der Waals surface area contributed by atoms with E-state index in [-0.39, 0.29) is 39.8 Å². The summed E-state index contributed by atoms with van der Waals surface area (Å²) >= 11 is 7.91. The molecule has 2 N–H and O–H groups in total. The van der Waals surface area contributed by atoms with Gasteiger partial charge in [0.05, 0.1) is 0 Å². The van der Waals surface area contributed by atoms with Crippen LogP contribution >= 0.6 is 23.4 Å². The zero-order valence-electron chi connectivity index (χ0n) is 21.6. The van der Waals surface area contributed by atoms with Gasteiger partial charge in [0.15, 0.2) is 0 Å². The van der Waals surface area contributed by atoms with Crippen molar-refractivity contribution in [2.75, 3.05) is 0 Å². The van der Waals surface area contributed by atoms with Crippen LogP contribution in [0.15, 0.2) is 47.4 Å². The number of benzene rings is 2. The predicted molar refractivity (Wildman–Crippen MR) is 138 cm³/mol. The number of aliphatic carboxylic acids is 1. The third-order valence-corrected chi connectivity index (χ3v) is 7.16. The van der Waals surface area contributed by atoms with Gasteiger partial charge in [0.2, 0.25) is 0 Å². The number of carboxylic acids is 1. The number of carbonyl (C=O) groups excluding carboxylic acids is 1. The minimum atomic E-state index is -1.03. The van der Waals surface area contributed by atoms with Gasteiger partial charge in [-0.1, -0.05) is 78.3 Å². The molecule has 0 bridgehead atoms. The monoisotopic (exact) mass is 511 g/mol. The Hall–Kier alpha value is -0.950. The Morgan fingerprint density at radius 1 is 1.06 bits per heavy atom. The van der Waals surface area contributed by atoms with Crippen LogP contribution in [0.5, 0.6) is 0 Å². The molecule has 3 rings (SSSR count). The first-order valence-corrected chi connectivity index (χ1v) is 12.3. The summed E-state index contributed by atoms with van der Waals surface area (Å²) in [4.78, 5) is 13.1. The first kappa shape index (κ1) is 31.1. The fourth-order valence-corrected chi connectivity index (χ4v) is 5.10. The summed E-state index contributed by atoms with van der Waals surface area (Å²) in [5.74, 6) is -0.620. The van der Waals surface area contributed by atoms with Crippen molar-refractivity contribution in [2.45, 2.75) is 77.0 Å². The zero-order chi connectivity index (χ0) is 23.8. The normalized spacial score (nSPS) is 11.9. The summed E-state index contributed by atoms with van der Waals surface area (Å²) in [5, 5.41) is 13.8. The van der Waals surface area contributed by atoms with Gasteiger partial charge in [-0.25, -0.2) is 0 Å². The van der Waals surface area contributed by atoms with Crippen LogP contribution in [0.25, 0.3) is 10.9 Å². The van der Waals surface area contributed by atoms with Gasteiger partial charge >= 0.3 is 29.6 Å². The molecule has 1 heterocycles. The molecule has 0 aliphatic carbocycles. The van der Waals surface area contributed by atoms with Crippen molar-refractivity contribution in [1.29, 1.82) is 0 Å². The van der Waals surface area contributed by atoms with Gasteiger partial charge in [-0.05, 0) is 47.7 Å². The average Bonchev–Trinajstić information content (AvgIpc) is 2.94. The fourth-order valence-electron chi connectivity index (χ4n) is 3.79. The second kappa shape index (κ2) is 11.9. The molecule has 0 saturated carbocycles. The van der Waals surface area contributed by atoms with Crippen LogP contribution in [0.4, 0.5) is 0 Å². The largest absolute Gasteiger partial charge is 1.00 e. The molecule has 3 aromatic rings. The second-order valence-corrected chi connectivity index (χ2v) is 12.8. The molecule has 4 nitrogen and oxygen atoms in total. The van der Waals surface area contributed by atoms with Gasteiger partial charge in [0.25, 0.3) is 0 Å². The fraction of sp³-hybridized carbons (Fsp3) is 0.444. The van der Waals surface area contributed by atoms with Crippen LogP contribution in [-0.2, 0) is 17.8 Å². The molecule has 0 saturated heterocycles. The Bertz CT molecular complexity index is 1130. The van der Waals surface area contributed by atoms with E-state index < -0.39 is 11.4 Å². The van der Waals surface area contributed by atoms with Crippen molar-refractivity contribution < 1.29 is 44.9 Å². The van der Waals surface area contributed by atoms with E-state index >= 15 is 0 Å². The minimum absolute atomic E-state index is 0. The Labute approximate surface area is 235 Å². The van der Waals surface area contributed by atoms with E-state index in [1.165, 1.54) is 15.8 Å². The SMILES string of the molecule is CC(C)c1ccc2c(c1)c(SC(C)(C)C)c(CC(C)(C)C(=O)[O-])n2Cc1ccc(Cl)cc1.O.[Na+]. The maximum atomic E-state index is 11.9. The number of hydrogen-bond donors (Lipinski definition) is 0. The van der Waals surface area contributed by atoms with Crippen LogP contribution in [0.1, 0.15) is 71.2 Å². The number of halogens is 1. The Kier molecular flexibility index (Phi) is 10.8. The molecule has 0 aliphatic rings. The van der Waals surface area contributed by atoms with E-state index in [2.05, 4.69) is 57.4 Å². The third-order valence-electron chi connectivity index (χ3n) is 5.63. The summed E-state index contributed by atoms with van der Waals surface area (Å²) in [7, 11) is 0. The van der Waals surface area contributed by atoms with E-state index in [9.17, 15) is 9.90 Å². The Balaban J connectivity index is 0.00000289. The molecule has 0 atom stereocenters. The topological polar surface area (TPSA) is 76.6 Å². The van der Waals surface area contributed by atoms with Crippen LogP contribution in [0.2, 0.25) is 5.02 Å². The molecule has 2 aromatic carbocycles. The number of thioether (sulfide) groups is 1. The molecule has 0 radical (unpaired) electrons. The van der Waals surface area contributed by atoms with Crippen LogP contribution < -0.4 is 34.7 Å². The molecule has 0 unspecified atom stereocenters. The number of fused-ring (bicyclic) bond motifs is 1. The molecule has 0 fully saturated rings. The molecular weight excluding hydrogens is 477 g/mol. The summed E-state index contributed by atoms with van der Waals surface area (Å²) in [6.07, 6.45) is 0.396. The van der Waals surface area contributed by atoms with Crippen molar-refractivity contribution in [3.63, 3.8) is 0 Å². The second-order valence-electron chi connectivity index (χ2n) is 10.5. The molecule has 34 heavy (non-hydrogen) atoms. The van der Waals surface area contributed by atoms with Gasteiger partial charge in [-0.2, -0.15) is 0 Å². The number of hydrogen-bond acceptors (Lipinski definition) is 3. The van der Waals surface area contributed by atoms with Crippen LogP contribution in [-0.4, -0.2) is 20.8 Å². The van der Waals surface area contributed by atoms with E-state index in [0.717, 1.165) is 16.8 Å². The van der Waals surface area contributed by atoms with Crippen molar-refractivity contribution in [3.8, 4) is 0 Å². The summed E-state index contributed by atoms with van der Waals surface area (Å²) in [6, 6.07) is 14.5. The molecule has 180 valence electrons. The third kappa shape index (κ3) is 7.28. The number of rotatable bonds is 7. The Morgan fingerprint density at radius 2 is 1.65 bits per heavy atom. The van der Waals surface area contributed by atoms with Crippen molar-refractivity contribution in [3.05, 3.63) is 64.3 Å². The molecule has 0 aliphatic heterocycles. The minimum Gasteiger partial charge on any atom is -0.550 e. The smallest absolute Gasteiger partial charge is 0.550 e. The first-order chi connectivity index (χ1) is 14.8. The number of carboxylic acid groups (broad SMARTS) is 1. The number of aromatic nitrogens is 1. The maximum Gasteiger partial charge on any atom is 1.00 e. The zero-order valence-corrected chi connectivity index (χ0v) is 25.2. The van der Waals surface area contributed by atoms with E-state index in [1.54, 1.807) is 13.8 Å². The van der Waals surface area contributed by atoms with E-state index in [1.807, 2.05) is 36.0 Å². The van der Waals surface area contributed by atoms with E-state index in [0.29, 0.717) is 23.9 Å². The summed E-state index contributed by atoms with van der Waals surface area (Å²) in [6.45, 7) is 15.1. The molecule has 1 aromatic heterocycles. The van der Waals surface area contributed by atoms with E-state index in [4.69, 9.17) is 11.6 Å². The molecular formula is C27H35ClNNaO3S. The van der Waals surface area contributed by atoms with Gasteiger partial charge in [-0.3, -0.25) is 0 Å².